The average Bonchev–Trinajstić information content (AvgIpc) is 3.01. The molecule has 3 heterocycles. The van der Waals surface area contributed by atoms with Crippen molar-refractivity contribution in [3.8, 4) is 0 Å². The highest BCUT2D eigenvalue weighted by Gasteiger charge is 2.32. The average molecular weight is 454 g/mol. The number of aromatic nitrogens is 1. The van der Waals surface area contributed by atoms with Gasteiger partial charge in [0.15, 0.2) is 0 Å². The van der Waals surface area contributed by atoms with E-state index in [1.807, 2.05) is 6.08 Å². The number of thiocarbonyl (C=S) groups is 1. The van der Waals surface area contributed by atoms with Gasteiger partial charge in [0.1, 0.15) is 10.1 Å². The van der Waals surface area contributed by atoms with E-state index in [0.29, 0.717) is 15.8 Å². The molecule has 0 unspecified atom stereocenters. The smallest absolute Gasteiger partial charge is 0.266 e. The summed E-state index contributed by atoms with van der Waals surface area (Å²) in [5.41, 5.74) is 3.23. The summed E-state index contributed by atoms with van der Waals surface area (Å²) >= 11 is 6.95. The third-order valence-electron chi connectivity index (χ3n) is 6.21. The molecule has 0 bridgehead atoms. The molecule has 4 rings (SSSR count). The number of hydrogen-bond donors (Lipinski definition) is 0. The van der Waals surface area contributed by atoms with Gasteiger partial charge >= 0.3 is 0 Å². The lowest BCUT2D eigenvalue weighted by Gasteiger charge is -2.32. The van der Waals surface area contributed by atoms with E-state index in [1.54, 1.807) is 4.90 Å². The molecular formula is C25H31N3OS2. The van der Waals surface area contributed by atoms with Gasteiger partial charge in [-0.25, -0.2) is 4.98 Å². The van der Waals surface area contributed by atoms with Crippen LogP contribution in [0, 0.1) is 12.8 Å². The second-order valence-electron chi connectivity index (χ2n) is 8.81. The SMILES string of the molecule is CCCCCN1C(=O)/C(=C/c2cc3cc(C)ccc3nc2N2CCC(C)CC2)SC1=S. The summed E-state index contributed by atoms with van der Waals surface area (Å²) in [6.45, 7) is 9.30. The number of unbranched alkanes of at least 4 members (excludes halogenated alkanes) is 2. The maximum Gasteiger partial charge on any atom is 0.266 e. The first-order valence-corrected chi connectivity index (χ1v) is 12.6. The monoisotopic (exact) mass is 453 g/mol. The molecule has 164 valence electrons. The predicted octanol–water partition coefficient (Wildman–Crippen LogP) is 6.17. The highest BCUT2D eigenvalue weighted by atomic mass is 32.2. The minimum Gasteiger partial charge on any atom is -0.356 e. The molecule has 0 N–H and O–H groups in total. The number of hydrogen-bond acceptors (Lipinski definition) is 5. The summed E-state index contributed by atoms with van der Waals surface area (Å²) in [4.78, 5) is 23.0. The van der Waals surface area contributed by atoms with Crippen LogP contribution in [0.1, 0.15) is 57.1 Å². The van der Waals surface area contributed by atoms with Gasteiger partial charge in [0, 0.05) is 30.6 Å². The Morgan fingerprint density at radius 1 is 1.23 bits per heavy atom. The lowest BCUT2D eigenvalue weighted by atomic mass is 9.98. The van der Waals surface area contributed by atoms with Crippen molar-refractivity contribution in [2.24, 2.45) is 5.92 Å². The molecule has 31 heavy (non-hydrogen) atoms. The van der Waals surface area contributed by atoms with Gasteiger partial charge in [-0.15, -0.1) is 0 Å². The number of aryl methyl sites for hydroxylation is 1. The molecule has 1 aromatic carbocycles. The quantitative estimate of drug-likeness (QED) is 0.297. The van der Waals surface area contributed by atoms with Crippen LogP contribution in [-0.4, -0.2) is 39.7 Å². The van der Waals surface area contributed by atoms with Gasteiger partial charge in [0.25, 0.3) is 5.91 Å². The minimum absolute atomic E-state index is 0.0358. The zero-order chi connectivity index (χ0) is 22.0. The fourth-order valence-electron chi connectivity index (χ4n) is 4.24. The van der Waals surface area contributed by atoms with Crippen LogP contribution in [0.2, 0.25) is 0 Å². The van der Waals surface area contributed by atoms with E-state index < -0.39 is 0 Å². The molecular weight excluding hydrogens is 422 g/mol. The van der Waals surface area contributed by atoms with Crippen LogP contribution in [0.4, 0.5) is 5.82 Å². The maximum atomic E-state index is 13.1. The Morgan fingerprint density at radius 2 is 2.00 bits per heavy atom. The number of thioether (sulfide) groups is 1. The minimum atomic E-state index is 0.0358. The van der Waals surface area contributed by atoms with E-state index in [-0.39, 0.29) is 5.91 Å². The van der Waals surface area contributed by atoms with Gasteiger partial charge in [-0.2, -0.15) is 0 Å². The number of nitrogens with zero attached hydrogens (tertiary/aromatic N) is 3. The van der Waals surface area contributed by atoms with Gasteiger partial charge in [0.05, 0.1) is 10.4 Å². The van der Waals surface area contributed by atoms with Gasteiger partial charge in [-0.05, 0) is 56.4 Å². The number of fused-ring (bicyclic) bond motifs is 1. The van der Waals surface area contributed by atoms with E-state index in [1.165, 1.54) is 30.2 Å². The predicted molar refractivity (Wildman–Crippen MR) is 136 cm³/mol. The van der Waals surface area contributed by atoms with Crippen LogP contribution in [0.5, 0.6) is 0 Å². The maximum absolute atomic E-state index is 13.1. The summed E-state index contributed by atoms with van der Waals surface area (Å²) in [5, 5.41) is 1.11. The first-order valence-electron chi connectivity index (χ1n) is 11.4. The number of carbonyl (C=O) groups is 1. The molecule has 2 aliphatic rings. The molecule has 4 nitrogen and oxygen atoms in total. The second kappa shape index (κ2) is 9.70. The number of pyridine rings is 1. The molecule has 0 aliphatic carbocycles. The molecule has 0 spiro atoms. The van der Waals surface area contributed by atoms with Crippen LogP contribution in [0.3, 0.4) is 0 Å². The number of benzene rings is 1. The molecule has 1 amide bonds. The number of amides is 1. The van der Waals surface area contributed by atoms with Gasteiger partial charge < -0.3 is 4.90 Å². The van der Waals surface area contributed by atoms with Crippen molar-refractivity contribution in [1.29, 1.82) is 0 Å². The molecule has 2 saturated heterocycles. The van der Waals surface area contributed by atoms with Crippen molar-refractivity contribution in [2.45, 2.75) is 52.9 Å². The third-order valence-corrected chi connectivity index (χ3v) is 7.58. The van der Waals surface area contributed by atoms with E-state index in [2.05, 4.69) is 49.9 Å². The van der Waals surface area contributed by atoms with Crippen LogP contribution in [0.25, 0.3) is 17.0 Å². The third kappa shape index (κ3) is 4.96. The molecule has 2 aromatic rings. The van der Waals surface area contributed by atoms with E-state index in [9.17, 15) is 4.79 Å². The summed E-state index contributed by atoms with van der Waals surface area (Å²) in [6, 6.07) is 8.56. The van der Waals surface area contributed by atoms with Gasteiger partial charge in [0.2, 0.25) is 0 Å². The Balaban J connectivity index is 1.70. The lowest BCUT2D eigenvalue weighted by Crippen LogP contribution is -2.34. The largest absolute Gasteiger partial charge is 0.356 e. The first kappa shape index (κ1) is 22.3. The molecule has 2 aliphatic heterocycles. The van der Waals surface area contributed by atoms with Crippen LogP contribution in [0.15, 0.2) is 29.2 Å². The lowest BCUT2D eigenvalue weighted by molar-refractivity contribution is -0.122. The van der Waals surface area contributed by atoms with Crippen LogP contribution >= 0.6 is 24.0 Å². The summed E-state index contributed by atoms with van der Waals surface area (Å²) in [5.74, 6) is 1.77. The Morgan fingerprint density at radius 3 is 2.74 bits per heavy atom. The van der Waals surface area contributed by atoms with E-state index in [4.69, 9.17) is 17.2 Å². The number of carbonyl (C=O) groups excluding carboxylic acids is 1. The molecule has 2 fully saturated rings. The van der Waals surface area contributed by atoms with Gasteiger partial charge in [-0.3, -0.25) is 9.69 Å². The van der Waals surface area contributed by atoms with Crippen molar-refractivity contribution >= 4 is 57.0 Å². The molecule has 6 heteroatoms. The molecule has 0 atom stereocenters. The van der Waals surface area contributed by atoms with Crippen molar-refractivity contribution in [1.82, 2.24) is 9.88 Å². The van der Waals surface area contributed by atoms with E-state index >= 15 is 0 Å². The highest BCUT2D eigenvalue weighted by molar-refractivity contribution is 8.26. The number of rotatable bonds is 6. The van der Waals surface area contributed by atoms with Crippen LogP contribution in [-0.2, 0) is 4.79 Å². The standard InChI is InChI=1S/C25H31N3OS2/c1-4-5-6-11-28-24(29)22(31-25(28)30)16-20-15-19-14-18(3)7-8-21(19)26-23(20)27-12-9-17(2)10-13-27/h7-8,14-17H,4-6,9-13H2,1-3H3/b22-16-. The first-order chi connectivity index (χ1) is 15.0. The fourth-order valence-corrected chi connectivity index (χ4v) is 5.54. The van der Waals surface area contributed by atoms with Gasteiger partial charge in [-0.1, -0.05) is 62.3 Å². The zero-order valence-electron chi connectivity index (χ0n) is 18.7. The Bertz CT molecular complexity index is 1020. The fraction of sp³-hybridized carbons (Fsp3) is 0.480. The van der Waals surface area contributed by atoms with Crippen LogP contribution < -0.4 is 4.90 Å². The molecule has 0 radical (unpaired) electrons. The highest BCUT2D eigenvalue weighted by Crippen LogP contribution is 2.36. The van der Waals surface area contributed by atoms with Crippen molar-refractivity contribution in [3.63, 3.8) is 0 Å². The normalized spacial score (nSPS) is 19.3. The zero-order valence-corrected chi connectivity index (χ0v) is 20.3. The summed E-state index contributed by atoms with van der Waals surface area (Å²) in [7, 11) is 0. The molecule has 1 aromatic heterocycles. The van der Waals surface area contributed by atoms with Crippen molar-refractivity contribution in [3.05, 3.63) is 40.3 Å². The summed E-state index contributed by atoms with van der Waals surface area (Å²) < 4.78 is 0.672. The second-order valence-corrected chi connectivity index (χ2v) is 10.5. The van der Waals surface area contributed by atoms with E-state index in [0.717, 1.165) is 60.6 Å². The topological polar surface area (TPSA) is 36.4 Å². The Kier molecular flexibility index (Phi) is 6.97. The molecule has 0 saturated carbocycles. The Labute approximate surface area is 195 Å². The Hall–Kier alpha value is -1.92. The van der Waals surface area contributed by atoms with Crippen molar-refractivity contribution < 1.29 is 4.79 Å². The summed E-state index contributed by atoms with van der Waals surface area (Å²) in [6.07, 6.45) is 7.59. The number of anilines is 1. The van der Waals surface area contributed by atoms with Crippen molar-refractivity contribution in [2.75, 3.05) is 24.5 Å². The number of piperidine rings is 1.